The number of aliphatic hydroxyl groups is 6. The molecule has 0 aromatic heterocycles. The molecule has 0 spiro atoms. The second-order valence-corrected chi connectivity index (χ2v) is 12.3. The van der Waals surface area contributed by atoms with Crippen LogP contribution in [0.25, 0.3) is 0 Å². The fraction of sp³-hybridized carbons (Fsp3) is 0.567. The molecule has 2 saturated heterocycles. The van der Waals surface area contributed by atoms with Gasteiger partial charge in [-0.1, -0.05) is 0 Å². The Morgan fingerprint density at radius 2 is 1.71 bits per heavy atom. The topological polar surface area (TPSA) is 310 Å². The van der Waals surface area contributed by atoms with E-state index >= 15 is 0 Å². The molecule has 0 saturated carbocycles. The number of ether oxygens (including phenoxy) is 4. The molecule has 0 aliphatic carbocycles. The van der Waals surface area contributed by atoms with Crippen molar-refractivity contribution in [2.24, 2.45) is 0 Å². The molecule has 4 aliphatic rings. The smallest absolute Gasteiger partial charge is 0.363 e. The fourth-order valence-electron chi connectivity index (χ4n) is 6.30. The Labute approximate surface area is 277 Å². The highest BCUT2D eigenvalue weighted by Crippen LogP contribution is 2.37. The number of carboxylic acid groups (broad SMARTS) is 3. The Bertz CT molecular complexity index is 1500. The Morgan fingerprint density at radius 3 is 2.35 bits per heavy atom. The Morgan fingerprint density at radius 1 is 1.00 bits per heavy atom. The van der Waals surface area contributed by atoms with Gasteiger partial charge in [-0.05, 0) is 37.1 Å². The van der Waals surface area contributed by atoms with Gasteiger partial charge in [-0.2, -0.15) is 0 Å². The molecule has 0 radical (unpaired) electrons. The van der Waals surface area contributed by atoms with Gasteiger partial charge in [-0.15, -0.1) is 0 Å². The lowest BCUT2D eigenvalue weighted by Gasteiger charge is -2.45. The van der Waals surface area contributed by atoms with Crippen LogP contribution in [-0.2, 0) is 35.0 Å². The number of hydrogen-bond acceptors (Lipinski definition) is 16. The van der Waals surface area contributed by atoms with Gasteiger partial charge in [0.25, 0.3) is 0 Å². The minimum Gasteiger partial charge on any atom is -0.548 e. The predicted octanol–water partition coefficient (Wildman–Crippen LogP) is -6.04. The molecule has 13 atom stereocenters. The van der Waals surface area contributed by atoms with E-state index in [2.05, 4.69) is 5.32 Å². The largest absolute Gasteiger partial charge is 0.548 e. The minimum atomic E-state index is -1.84. The molecule has 4 heterocycles. The SMILES string of the molecule is C[C@H]1O[C@H](O[C@@H]2[C@@H](Oc3cc4c(cc3O)C[C@@H](C(=O)O)[NH+]4CC=C3C=C(C(=O)O)N[C@@H](C(=O)[O-])C3)O[C@H](CO)[C@@H](O)[C@@H]2O)[C@H](O)[C@H](O)[C@H]1O. The van der Waals surface area contributed by atoms with Crippen LogP contribution in [0.1, 0.15) is 18.9 Å². The Balaban J connectivity index is 1.44. The van der Waals surface area contributed by atoms with E-state index in [4.69, 9.17) is 18.9 Å². The summed E-state index contributed by atoms with van der Waals surface area (Å²) in [5, 5.41) is 106. The summed E-state index contributed by atoms with van der Waals surface area (Å²) in [4.78, 5) is 35.6. The van der Waals surface area contributed by atoms with E-state index in [1.54, 1.807) is 0 Å². The number of hydrogen-bond donors (Lipinski definition) is 11. The van der Waals surface area contributed by atoms with Crippen LogP contribution in [0.4, 0.5) is 5.69 Å². The van der Waals surface area contributed by atoms with E-state index in [1.807, 2.05) is 0 Å². The van der Waals surface area contributed by atoms with Crippen LogP contribution in [0.15, 0.2) is 35.6 Å². The third-order valence-electron chi connectivity index (χ3n) is 9.04. The number of phenols is 1. The Hall–Kier alpha value is -3.89. The molecular formula is C30H38N2O17. The number of phenolic OH excluding ortho intramolecular Hbond substituents is 1. The molecular weight excluding hydrogens is 660 g/mol. The Kier molecular flexibility index (Phi) is 10.8. The summed E-state index contributed by atoms with van der Waals surface area (Å²) in [5.74, 6) is -4.94. The van der Waals surface area contributed by atoms with Crippen LogP contribution in [0, 0.1) is 0 Å². The number of fused-ring (bicyclic) bond motifs is 1. The first-order chi connectivity index (χ1) is 23.1. The highest BCUT2D eigenvalue weighted by Gasteiger charge is 2.51. The number of nitrogens with one attached hydrogen (secondary N) is 2. The van der Waals surface area contributed by atoms with Crippen LogP contribution in [0.3, 0.4) is 0 Å². The lowest BCUT2D eigenvalue weighted by molar-refractivity contribution is -0.838. The number of carboxylic acids is 3. The summed E-state index contributed by atoms with van der Waals surface area (Å²) in [7, 11) is 0. The molecule has 2 fully saturated rings. The molecule has 19 nitrogen and oxygen atoms in total. The first kappa shape index (κ1) is 36.4. The summed E-state index contributed by atoms with van der Waals surface area (Å²) in [6, 6.07) is 0.122. The van der Waals surface area contributed by atoms with Gasteiger partial charge >= 0.3 is 11.9 Å². The van der Waals surface area contributed by atoms with E-state index in [1.165, 1.54) is 31.2 Å². The molecule has 1 aromatic carbocycles. The maximum absolute atomic E-state index is 12.3. The molecule has 270 valence electrons. The van der Waals surface area contributed by atoms with Gasteiger partial charge in [-0.3, -0.25) is 4.90 Å². The zero-order chi connectivity index (χ0) is 35.9. The first-order valence-electron chi connectivity index (χ1n) is 15.3. The van der Waals surface area contributed by atoms with Gasteiger partial charge in [0.1, 0.15) is 54.6 Å². The number of carbonyl (C=O) groups is 3. The van der Waals surface area contributed by atoms with Gasteiger partial charge < -0.3 is 80.1 Å². The van der Waals surface area contributed by atoms with Gasteiger partial charge in [0.2, 0.25) is 6.29 Å². The summed E-state index contributed by atoms with van der Waals surface area (Å²) < 4.78 is 22.7. The van der Waals surface area contributed by atoms with Crippen molar-refractivity contribution in [2.45, 2.75) is 93.3 Å². The van der Waals surface area contributed by atoms with Crippen LogP contribution in [0.5, 0.6) is 11.5 Å². The zero-order valence-electron chi connectivity index (χ0n) is 25.9. The zero-order valence-corrected chi connectivity index (χ0v) is 25.9. The van der Waals surface area contributed by atoms with Crippen LogP contribution >= 0.6 is 0 Å². The van der Waals surface area contributed by atoms with Crippen molar-refractivity contribution in [3.63, 3.8) is 0 Å². The van der Waals surface area contributed by atoms with E-state index in [0.29, 0.717) is 21.7 Å². The van der Waals surface area contributed by atoms with E-state index in [0.717, 1.165) is 0 Å². The van der Waals surface area contributed by atoms with Crippen molar-refractivity contribution < 1.29 is 89.3 Å². The second kappa shape index (κ2) is 14.5. The van der Waals surface area contributed by atoms with Crippen molar-refractivity contribution in [1.29, 1.82) is 0 Å². The summed E-state index contributed by atoms with van der Waals surface area (Å²) in [6.07, 6.45) is -13.6. The number of rotatable bonds is 10. The molecule has 5 rings (SSSR count). The van der Waals surface area contributed by atoms with Crippen LogP contribution in [0.2, 0.25) is 0 Å². The standard InChI is InChI=1S/C30H38N2O17/c1-10-20(35)22(37)24(39)29(46-10)49-25-23(38)21(36)19(9-33)48-30(25)47-18-8-15-12(7-17(18)34)6-16(28(44)45)32(15)3-2-11-4-13(26(40)41)31-14(5-11)27(42)43/h2,4,7-8,10,14,16,19-25,29-31,33-39H,3,5-6,9H2,1H3,(H,40,41)(H,42,43)(H,44,45)/t10-,14-,16+,19-,20+,21-,22-,23+,24-,25+,29-,30+/m1/s1. The highest BCUT2D eigenvalue weighted by atomic mass is 16.8. The quantitative estimate of drug-likeness (QED) is 0.101. The molecule has 0 amide bonds. The van der Waals surface area contributed by atoms with E-state index in [-0.39, 0.29) is 30.8 Å². The number of quaternary nitrogens is 1. The van der Waals surface area contributed by atoms with Crippen molar-refractivity contribution in [2.75, 3.05) is 13.2 Å². The number of benzene rings is 1. The lowest BCUT2D eigenvalue weighted by Crippen LogP contribution is -3.11. The number of allylic oxidation sites excluding steroid dienone is 1. The van der Waals surface area contributed by atoms with Crippen LogP contribution in [-0.4, -0.2) is 151 Å². The highest BCUT2D eigenvalue weighted by molar-refractivity contribution is 5.88. The molecule has 1 aromatic rings. The van der Waals surface area contributed by atoms with E-state index < -0.39 is 104 Å². The monoisotopic (exact) mass is 698 g/mol. The van der Waals surface area contributed by atoms with Crippen molar-refractivity contribution in [3.05, 3.63) is 41.1 Å². The van der Waals surface area contributed by atoms with Gasteiger partial charge in [-0.25, -0.2) is 9.59 Å². The minimum absolute atomic E-state index is 0.0388. The predicted molar refractivity (Wildman–Crippen MR) is 155 cm³/mol. The average Bonchev–Trinajstić information content (AvgIpc) is 3.41. The third-order valence-corrected chi connectivity index (χ3v) is 9.04. The van der Waals surface area contributed by atoms with Gasteiger partial charge in [0.05, 0.1) is 24.7 Å². The summed E-state index contributed by atoms with van der Waals surface area (Å²) >= 11 is 0. The number of aliphatic hydroxyl groups excluding tert-OH is 6. The first-order valence-corrected chi connectivity index (χ1v) is 15.3. The number of aliphatic carboxylic acids is 3. The number of carbonyl (C=O) groups excluding carboxylic acids is 1. The molecule has 4 aliphatic heterocycles. The summed E-state index contributed by atoms with van der Waals surface area (Å²) in [6.45, 7) is 0.531. The second-order valence-electron chi connectivity index (χ2n) is 12.3. The molecule has 11 N–H and O–H groups in total. The van der Waals surface area contributed by atoms with Crippen molar-refractivity contribution in [3.8, 4) is 11.5 Å². The lowest BCUT2D eigenvalue weighted by atomic mass is 9.97. The van der Waals surface area contributed by atoms with Gasteiger partial charge in [0, 0.05) is 18.1 Å². The summed E-state index contributed by atoms with van der Waals surface area (Å²) in [5.41, 5.74) is 0.645. The maximum atomic E-state index is 12.3. The van der Waals surface area contributed by atoms with Crippen LogP contribution < -0.4 is 20.1 Å². The molecule has 0 bridgehead atoms. The van der Waals surface area contributed by atoms with Gasteiger partial charge in [0.15, 0.2) is 29.9 Å². The molecule has 1 unspecified atom stereocenters. The molecule has 19 heteroatoms. The van der Waals surface area contributed by atoms with Crippen molar-refractivity contribution in [1.82, 2.24) is 5.32 Å². The number of aromatic hydroxyl groups is 1. The maximum Gasteiger partial charge on any atom is 0.363 e. The van der Waals surface area contributed by atoms with Crippen molar-refractivity contribution >= 4 is 23.6 Å². The molecule has 49 heavy (non-hydrogen) atoms. The average molecular weight is 699 g/mol. The normalized spacial score (nSPS) is 38.3. The fourth-order valence-corrected chi connectivity index (χ4v) is 6.30. The van der Waals surface area contributed by atoms with E-state index in [9.17, 15) is 65.4 Å². The third kappa shape index (κ3) is 7.36.